The van der Waals surface area contributed by atoms with Crippen LogP contribution in [-0.2, 0) is 17.4 Å². The summed E-state index contributed by atoms with van der Waals surface area (Å²) in [5.74, 6) is -1.48. The lowest BCUT2D eigenvalue weighted by Gasteiger charge is -2.08. The van der Waals surface area contributed by atoms with Crippen LogP contribution in [0.1, 0.15) is 11.1 Å². The van der Waals surface area contributed by atoms with Crippen LogP contribution in [0.2, 0.25) is 0 Å². The smallest absolute Gasteiger partial charge is 0.424 e. The Balaban J connectivity index is 3.43. The summed E-state index contributed by atoms with van der Waals surface area (Å²) < 4.78 is 37.3. The van der Waals surface area contributed by atoms with E-state index in [1.165, 1.54) is 0 Å². The number of hydrogen-bond donors (Lipinski definition) is 1. The molecular formula is C8H5F3N2O4. The minimum Gasteiger partial charge on any atom is -0.481 e. The molecular weight excluding hydrogens is 245 g/mol. The number of carbonyl (C=O) groups is 1. The predicted molar refractivity (Wildman–Crippen MR) is 47.2 cm³/mol. The molecule has 0 aromatic carbocycles. The number of alkyl halides is 3. The topological polar surface area (TPSA) is 93.3 Å². The Hall–Kier alpha value is -2.19. The molecule has 0 aliphatic rings. The van der Waals surface area contributed by atoms with E-state index in [4.69, 9.17) is 5.11 Å². The van der Waals surface area contributed by atoms with Crippen LogP contribution in [0.5, 0.6) is 0 Å². The van der Waals surface area contributed by atoms with E-state index in [2.05, 4.69) is 4.98 Å². The van der Waals surface area contributed by atoms with E-state index in [-0.39, 0.29) is 0 Å². The number of pyridine rings is 1. The van der Waals surface area contributed by atoms with E-state index in [0.29, 0.717) is 6.20 Å². The van der Waals surface area contributed by atoms with Gasteiger partial charge in [-0.2, -0.15) is 13.2 Å². The number of aromatic nitrogens is 1. The summed E-state index contributed by atoms with van der Waals surface area (Å²) in [5, 5.41) is 19.0. The minimum absolute atomic E-state index is 0.295. The largest absolute Gasteiger partial charge is 0.481 e. The third-order valence-corrected chi connectivity index (χ3v) is 1.82. The standard InChI is InChI=1S/C8H5F3N2O4/c9-8(10,11)5-3-12-2-4(1-6(14)15)7(5)13(16)17/h2-3H,1H2,(H,14,15). The summed E-state index contributed by atoms with van der Waals surface area (Å²) in [5.41, 5.74) is -3.41. The fourth-order valence-electron chi connectivity index (χ4n) is 1.21. The quantitative estimate of drug-likeness (QED) is 0.650. The molecule has 6 nitrogen and oxygen atoms in total. The van der Waals surface area contributed by atoms with Crippen LogP contribution in [0.25, 0.3) is 0 Å². The zero-order chi connectivity index (χ0) is 13.2. The van der Waals surface area contributed by atoms with Crippen LogP contribution in [0.15, 0.2) is 12.4 Å². The van der Waals surface area contributed by atoms with Gasteiger partial charge in [0.2, 0.25) is 0 Å². The first-order valence-electron chi connectivity index (χ1n) is 4.13. The van der Waals surface area contributed by atoms with Crippen LogP contribution in [0, 0.1) is 10.1 Å². The molecule has 0 aliphatic carbocycles. The summed E-state index contributed by atoms with van der Waals surface area (Å²) in [7, 11) is 0. The zero-order valence-electron chi connectivity index (χ0n) is 8.06. The van der Waals surface area contributed by atoms with Gasteiger partial charge in [0.25, 0.3) is 5.69 Å². The van der Waals surface area contributed by atoms with Crippen molar-refractivity contribution in [2.45, 2.75) is 12.6 Å². The van der Waals surface area contributed by atoms with Crippen LogP contribution in [-0.4, -0.2) is 21.0 Å². The van der Waals surface area contributed by atoms with Gasteiger partial charge in [-0.1, -0.05) is 0 Å². The molecule has 0 atom stereocenters. The summed E-state index contributed by atoms with van der Waals surface area (Å²) in [6, 6.07) is 0. The van der Waals surface area contributed by atoms with Gasteiger partial charge in [-0.3, -0.25) is 19.9 Å². The third kappa shape index (κ3) is 2.89. The molecule has 0 saturated carbocycles. The molecule has 0 amide bonds. The lowest BCUT2D eigenvalue weighted by atomic mass is 10.1. The second-order valence-corrected chi connectivity index (χ2v) is 3.02. The van der Waals surface area contributed by atoms with E-state index < -0.39 is 40.3 Å². The van der Waals surface area contributed by atoms with E-state index in [1.807, 2.05) is 0 Å². The van der Waals surface area contributed by atoms with Crippen LogP contribution in [0.3, 0.4) is 0 Å². The predicted octanol–water partition coefficient (Wildman–Crippen LogP) is 1.64. The molecule has 1 N–H and O–H groups in total. The molecule has 9 heteroatoms. The molecule has 0 saturated heterocycles. The van der Waals surface area contributed by atoms with Gasteiger partial charge in [0.05, 0.1) is 16.9 Å². The van der Waals surface area contributed by atoms with E-state index in [0.717, 1.165) is 6.20 Å². The van der Waals surface area contributed by atoms with Crippen molar-refractivity contribution in [2.75, 3.05) is 0 Å². The number of carboxylic acid groups (broad SMARTS) is 1. The van der Waals surface area contributed by atoms with Crippen molar-refractivity contribution in [1.29, 1.82) is 0 Å². The summed E-state index contributed by atoms with van der Waals surface area (Å²) >= 11 is 0. The molecule has 17 heavy (non-hydrogen) atoms. The molecule has 0 radical (unpaired) electrons. The molecule has 0 fully saturated rings. The van der Waals surface area contributed by atoms with Crippen molar-refractivity contribution < 1.29 is 28.0 Å². The molecule has 0 spiro atoms. The van der Waals surface area contributed by atoms with E-state index in [1.54, 1.807) is 0 Å². The lowest BCUT2D eigenvalue weighted by molar-refractivity contribution is -0.388. The fourth-order valence-corrected chi connectivity index (χ4v) is 1.21. The van der Waals surface area contributed by atoms with Crippen molar-refractivity contribution >= 4 is 11.7 Å². The van der Waals surface area contributed by atoms with Crippen molar-refractivity contribution in [3.63, 3.8) is 0 Å². The highest BCUT2D eigenvalue weighted by Crippen LogP contribution is 2.37. The Bertz CT molecular complexity index is 472. The fraction of sp³-hybridized carbons (Fsp3) is 0.250. The highest BCUT2D eigenvalue weighted by atomic mass is 19.4. The first-order chi connectivity index (χ1) is 7.73. The average Bonchev–Trinajstić information content (AvgIpc) is 2.14. The highest BCUT2D eigenvalue weighted by molar-refractivity contribution is 5.72. The second-order valence-electron chi connectivity index (χ2n) is 3.02. The maximum absolute atomic E-state index is 12.4. The van der Waals surface area contributed by atoms with Gasteiger partial charge in [0.15, 0.2) is 5.56 Å². The molecule has 1 rings (SSSR count). The first kappa shape index (κ1) is 12.9. The first-order valence-corrected chi connectivity index (χ1v) is 4.13. The van der Waals surface area contributed by atoms with Crippen LogP contribution < -0.4 is 0 Å². The Kier molecular flexibility index (Phi) is 3.30. The minimum atomic E-state index is -4.95. The number of rotatable bonds is 3. The SMILES string of the molecule is O=C(O)Cc1cncc(C(F)(F)F)c1[N+](=O)[O-]. The normalized spacial score (nSPS) is 11.2. The van der Waals surface area contributed by atoms with Crippen LogP contribution >= 0.6 is 0 Å². The molecule has 1 heterocycles. The number of carboxylic acids is 1. The average molecular weight is 250 g/mol. The van der Waals surface area contributed by atoms with Gasteiger partial charge >= 0.3 is 12.1 Å². The van der Waals surface area contributed by atoms with E-state index >= 15 is 0 Å². The van der Waals surface area contributed by atoms with Crippen molar-refractivity contribution in [1.82, 2.24) is 4.98 Å². The number of halogens is 3. The van der Waals surface area contributed by atoms with Crippen molar-refractivity contribution in [3.8, 4) is 0 Å². The highest BCUT2D eigenvalue weighted by Gasteiger charge is 2.40. The molecule has 1 aromatic rings. The van der Waals surface area contributed by atoms with Gasteiger partial charge in [-0.05, 0) is 0 Å². The summed E-state index contributed by atoms with van der Waals surface area (Å²) in [6.45, 7) is 0. The maximum atomic E-state index is 12.4. The van der Waals surface area contributed by atoms with E-state index in [9.17, 15) is 28.1 Å². The lowest BCUT2D eigenvalue weighted by Crippen LogP contribution is -2.13. The summed E-state index contributed by atoms with van der Waals surface area (Å²) in [4.78, 5) is 22.8. The van der Waals surface area contributed by atoms with Gasteiger partial charge in [0.1, 0.15) is 0 Å². The Morgan fingerprint density at radius 1 is 1.47 bits per heavy atom. The zero-order valence-corrected chi connectivity index (χ0v) is 8.06. The third-order valence-electron chi connectivity index (χ3n) is 1.82. The number of hydrogen-bond acceptors (Lipinski definition) is 4. The number of nitro groups is 1. The van der Waals surface area contributed by atoms with Crippen molar-refractivity contribution in [2.24, 2.45) is 0 Å². The van der Waals surface area contributed by atoms with Crippen LogP contribution in [0.4, 0.5) is 18.9 Å². The Morgan fingerprint density at radius 2 is 2.06 bits per heavy atom. The van der Waals surface area contributed by atoms with Crippen molar-refractivity contribution in [3.05, 3.63) is 33.6 Å². The maximum Gasteiger partial charge on any atom is 0.424 e. The number of nitrogens with zero attached hydrogens (tertiary/aromatic N) is 2. The van der Waals surface area contributed by atoms with Gasteiger partial charge in [0, 0.05) is 12.4 Å². The molecule has 0 aliphatic heterocycles. The molecule has 0 bridgehead atoms. The molecule has 92 valence electrons. The van der Waals surface area contributed by atoms with Gasteiger partial charge in [-0.15, -0.1) is 0 Å². The molecule has 1 aromatic heterocycles. The monoisotopic (exact) mass is 250 g/mol. The molecule has 0 unspecified atom stereocenters. The van der Waals surface area contributed by atoms with Gasteiger partial charge in [-0.25, -0.2) is 0 Å². The Labute approximate surface area is 91.9 Å². The second kappa shape index (κ2) is 4.36. The number of aliphatic carboxylic acids is 1. The summed E-state index contributed by atoms with van der Waals surface area (Å²) in [6.07, 6.45) is -4.82. The van der Waals surface area contributed by atoms with Gasteiger partial charge < -0.3 is 5.11 Å². The Morgan fingerprint density at radius 3 is 2.47 bits per heavy atom.